The Balaban J connectivity index is 2.86. The zero-order valence-electron chi connectivity index (χ0n) is 8.23. The second-order valence-corrected chi connectivity index (χ2v) is 3.21. The number of aldehydes is 1. The van der Waals surface area contributed by atoms with Crippen molar-refractivity contribution in [2.75, 3.05) is 6.61 Å². The van der Waals surface area contributed by atoms with Crippen molar-refractivity contribution >= 4 is 12.4 Å². The van der Waals surface area contributed by atoms with Crippen molar-refractivity contribution in [1.29, 1.82) is 0 Å². The SMILES string of the molecule is Cc1cc(C=O)cc(C=CCCO)c1. The van der Waals surface area contributed by atoms with Gasteiger partial charge in [-0.15, -0.1) is 0 Å². The maximum atomic E-state index is 10.6. The van der Waals surface area contributed by atoms with E-state index >= 15 is 0 Å². The average Bonchev–Trinajstić information content (AvgIpc) is 2.17. The van der Waals surface area contributed by atoms with Crippen molar-refractivity contribution in [3.8, 4) is 0 Å². The molecule has 0 unspecified atom stereocenters. The summed E-state index contributed by atoms with van der Waals surface area (Å²) in [5.41, 5.74) is 2.76. The summed E-state index contributed by atoms with van der Waals surface area (Å²) in [6.45, 7) is 2.11. The van der Waals surface area contributed by atoms with Crippen LogP contribution in [0.15, 0.2) is 24.3 Å². The number of benzene rings is 1. The Labute approximate surface area is 83.9 Å². The molecule has 1 N–H and O–H groups in total. The molecule has 1 rings (SSSR count). The smallest absolute Gasteiger partial charge is 0.150 e. The number of rotatable bonds is 4. The van der Waals surface area contributed by atoms with Crippen LogP contribution in [0.4, 0.5) is 0 Å². The molecule has 14 heavy (non-hydrogen) atoms. The molecule has 0 spiro atoms. The van der Waals surface area contributed by atoms with E-state index in [4.69, 9.17) is 5.11 Å². The van der Waals surface area contributed by atoms with E-state index in [1.807, 2.05) is 37.3 Å². The number of carbonyl (C=O) groups is 1. The lowest BCUT2D eigenvalue weighted by atomic mass is 10.1. The predicted octanol–water partition coefficient (Wildman–Crippen LogP) is 2.20. The molecule has 2 heteroatoms. The van der Waals surface area contributed by atoms with Crippen LogP contribution in [0.25, 0.3) is 6.08 Å². The highest BCUT2D eigenvalue weighted by Crippen LogP contribution is 2.10. The quantitative estimate of drug-likeness (QED) is 0.739. The lowest BCUT2D eigenvalue weighted by molar-refractivity contribution is 0.112. The second kappa shape index (κ2) is 5.35. The molecule has 0 atom stereocenters. The van der Waals surface area contributed by atoms with Crippen LogP contribution in [0.2, 0.25) is 0 Å². The maximum absolute atomic E-state index is 10.6. The molecule has 0 aliphatic carbocycles. The third-order valence-corrected chi connectivity index (χ3v) is 1.86. The van der Waals surface area contributed by atoms with Gasteiger partial charge in [0.25, 0.3) is 0 Å². The number of hydrogen-bond donors (Lipinski definition) is 1. The molecule has 0 amide bonds. The Hall–Kier alpha value is -1.41. The van der Waals surface area contributed by atoms with Gasteiger partial charge in [-0.2, -0.15) is 0 Å². The molecular weight excluding hydrogens is 176 g/mol. The lowest BCUT2D eigenvalue weighted by Crippen LogP contribution is -1.84. The molecule has 0 aliphatic rings. The minimum absolute atomic E-state index is 0.156. The number of aryl methyl sites for hydroxylation is 1. The van der Waals surface area contributed by atoms with E-state index in [9.17, 15) is 4.79 Å². The first-order chi connectivity index (χ1) is 6.76. The highest BCUT2D eigenvalue weighted by Gasteiger charge is 1.94. The lowest BCUT2D eigenvalue weighted by Gasteiger charge is -1.98. The van der Waals surface area contributed by atoms with Gasteiger partial charge in [-0.1, -0.05) is 18.2 Å². The summed E-state index contributed by atoms with van der Waals surface area (Å²) in [6.07, 6.45) is 5.29. The highest BCUT2D eigenvalue weighted by atomic mass is 16.2. The fourth-order valence-electron chi connectivity index (χ4n) is 1.30. The van der Waals surface area contributed by atoms with E-state index in [0.717, 1.165) is 17.4 Å². The molecule has 1 aromatic carbocycles. The molecule has 0 radical (unpaired) electrons. The molecule has 0 aliphatic heterocycles. The number of aliphatic hydroxyl groups is 1. The minimum Gasteiger partial charge on any atom is -0.396 e. The summed E-state index contributed by atoms with van der Waals surface area (Å²) in [6, 6.07) is 5.67. The second-order valence-electron chi connectivity index (χ2n) is 3.21. The zero-order chi connectivity index (χ0) is 10.4. The van der Waals surface area contributed by atoms with Gasteiger partial charge < -0.3 is 5.11 Å². The standard InChI is InChI=1S/C12H14O2/c1-10-6-11(4-2-3-5-13)8-12(7-10)9-14/h2,4,6-9,13H,3,5H2,1H3. The summed E-state index contributed by atoms with van der Waals surface area (Å²) < 4.78 is 0. The van der Waals surface area contributed by atoms with Gasteiger partial charge in [0, 0.05) is 12.2 Å². The molecule has 2 nitrogen and oxygen atoms in total. The molecule has 0 heterocycles. The van der Waals surface area contributed by atoms with Crippen molar-refractivity contribution in [1.82, 2.24) is 0 Å². The first-order valence-corrected chi connectivity index (χ1v) is 4.60. The van der Waals surface area contributed by atoms with Crippen LogP contribution in [0.1, 0.15) is 27.9 Å². The summed E-state index contributed by atoms with van der Waals surface area (Å²) in [5, 5.41) is 8.59. The third kappa shape index (κ3) is 3.15. The fraction of sp³-hybridized carbons (Fsp3) is 0.250. The number of aliphatic hydroxyl groups excluding tert-OH is 1. The van der Waals surface area contributed by atoms with Crippen LogP contribution in [0.3, 0.4) is 0 Å². The summed E-state index contributed by atoms with van der Waals surface area (Å²) in [7, 11) is 0. The largest absolute Gasteiger partial charge is 0.396 e. The molecule has 1 aromatic rings. The Kier molecular flexibility index (Phi) is 4.08. The van der Waals surface area contributed by atoms with Gasteiger partial charge in [0.2, 0.25) is 0 Å². The van der Waals surface area contributed by atoms with Gasteiger partial charge in [-0.05, 0) is 36.6 Å². The number of carbonyl (C=O) groups excluding carboxylic acids is 1. The zero-order valence-corrected chi connectivity index (χ0v) is 8.23. The monoisotopic (exact) mass is 190 g/mol. The van der Waals surface area contributed by atoms with Crippen LogP contribution < -0.4 is 0 Å². The van der Waals surface area contributed by atoms with Gasteiger partial charge in [-0.3, -0.25) is 4.79 Å². The molecule has 0 saturated carbocycles. The summed E-state index contributed by atoms with van der Waals surface area (Å²) in [4.78, 5) is 10.6. The Morgan fingerprint density at radius 1 is 1.29 bits per heavy atom. The van der Waals surface area contributed by atoms with Gasteiger partial charge in [0.1, 0.15) is 6.29 Å². The Morgan fingerprint density at radius 2 is 2.00 bits per heavy atom. The average molecular weight is 190 g/mol. The van der Waals surface area contributed by atoms with Crippen molar-refractivity contribution < 1.29 is 9.90 Å². The van der Waals surface area contributed by atoms with Crippen LogP contribution in [-0.2, 0) is 0 Å². The normalized spacial score (nSPS) is 10.7. The van der Waals surface area contributed by atoms with Crippen molar-refractivity contribution in [3.05, 3.63) is 41.0 Å². The maximum Gasteiger partial charge on any atom is 0.150 e. The van der Waals surface area contributed by atoms with Crippen LogP contribution in [0.5, 0.6) is 0 Å². The van der Waals surface area contributed by atoms with E-state index in [1.165, 1.54) is 0 Å². The Bertz CT molecular complexity index is 340. The van der Waals surface area contributed by atoms with E-state index in [0.29, 0.717) is 12.0 Å². The van der Waals surface area contributed by atoms with Gasteiger partial charge in [-0.25, -0.2) is 0 Å². The van der Waals surface area contributed by atoms with E-state index in [2.05, 4.69) is 0 Å². The molecular formula is C12H14O2. The highest BCUT2D eigenvalue weighted by molar-refractivity contribution is 5.76. The first kappa shape index (κ1) is 10.7. The molecule has 0 aromatic heterocycles. The summed E-state index contributed by atoms with van der Waals surface area (Å²) >= 11 is 0. The van der Waals surface area contributed by atoms with Gasteiger partial charge in [0.15, 0.2) is 0 Å². The van der Waals surface area contributed by atoms with Crippen molar-refractivity contribution in [3.63, 3.8) is 0 Å². The van der Waals surface area contributed by atoms with E-state index < -0.39 is 0 Å². The van der Waals surface area contributed by atoms with Gasteiger partial charge >= 0.3 is 0 Å². The Morgan fingerprint density at radius 3 is 2.64 bits per heavy atom. The number of hydrogen-bond acceptors (Lipinski definition) is 2. The predicted molar refractivity (Wildman–Crippen MR) is 57.3 cm³/mol. The summed E-state index contributed by atoms with van der Waals surface area (Å²) in [5.74, 6) is 0. The molecule has 0 fully saturated rings. The van der Waals surface area contributed by atoms with Crippen LogP contribution >= 0.6 is 0 Å². The fourth-order valence-corrected chi connectivity index (χ4v) is 1.30. The van der Waals surface area contributed by atoms with Crippen molar-refractivity contribution in [2.45, 2.75) is 13.3 Å². The molecule has 0 bridgehead atoms. The van der Waals surface area contributed by atoms with E-state index in [-0.39, 0.29) is 6.61 Å². The minimum atomic E-state index is 0.156. The van der Waals surface area contributed by atoms with Gasteiger partial charge in [0.05, 0.1) is 0 Å². The first-order valence-electron chi connectivity index (χ1n) is 4.60. The topological polar surface area (TPSA) is 37.3 Å². The third-order valence-electron chi connectivity index (χ3n) is 1.86. The molecule has 0 saturated heterocycles. The molecule has 74 valence electrons. The van der Waals surface area contributed by atoms with Crippen LogP contribution in [-0.4, -0.2) is 18.0 Å². The van der Waals surface area contributed by atoms with Crippen LogP contribution in [0, 0.1) is 6.92 Å². The van der Waals surface area contributed by atoms with E-state index in [1.54, 1.807) is 0 Å². The van der Waals surface area contributed by atoms with Crippen molar-refractivity contribution in [2.24, 2.45) is 0 Å².